The molecule has 0 bridgehead atoms. The fourth-order valence-electron chi connectivity index (χ4n) is 3.41. The summed E-state index contributed by atoms with van der Waals surface area (Å²) < 4.78 is 0. The van der Waals surface area contributed by atoms with Crippen LogP contribution in [0, 0.1) is 0 Å². The molecule has 1 atom stereocenters. The third kappa shape index (κ3) is 3.01. The molecule has 3 amide bonds. The number of nitrogens with zero attached hydrogens (tertiary/aromatic N) is 1. The Morgan fingerprint density at radius 3 is 2.36 bits per heavy atom. The summed E-state index contributed by atoms with van der Waals surface area (Å²) in [7, 11) is 0. The van der Waals surface area contributed by atoms with Gasteiger partial charge in [0.25, 0.3) is 5.91 Å². The average molecular weight is 333 g/mol. The van der Waals surface area contributed by atoms with E-state index in [1.165, 1.54) is 5.56 Å². The first kappa shape index (κ1) is 15.4. The second kappa shape index (κ2) is 6.43. The Bertz CT molecular complexity index is 831. The van der Waals surface area contributed by atoms with Crippen LogP contribution in [0.3, 0.4) is 0 Å². The second-order valence-electron chi connectivity index (χ2n) is 6.30. The Morgan fingerprint density at radius 1 is 0.960 bits per heavy atom. The third-order valence-electron chi connectivity index (χ3n) is 4.67. The first-order valence-corrected chi connectivity index (χ1v) is 8.41. The summed E-state index contributed by atoms with van der Waals surface area (Å²) >= 11 is 0. The molecule has 2 aromatic rings. The van der Waals surface area contributed by atoms with Gasteiger partial charge in [0.2, 0.25) is 0 Å². The number of carbonyl (C=O) groups excluding carboxylic acids is 2. The number of urea groups is 1. The van der Waals surface area contributed by atoms with Crippen molar-refractivity contribution < 1.29 is 9.59 Å². The van der Waals surface area contributed by atoms with E-state index in [0.717, 1.165) is 17.7 Å². The number of rotatable bonds is 4. The van der Waals surface area contributed by atoms with Crippen LogP contribution in [0.5, 0.6) is 0 Å². The van der Waals surface area contributed by atoms with Gasteiger partial charge in [-0.05, 0) is 17.5 Å². The predicted molar refractivity (Wildman–Crippen MR) is 94.6 cm³/mol. The zero-order valence-corrected chi connectivity index (χ0v) is 13.7. The van der Waals surface area contributed by atoms with Crippen LogP contribution < -0.4 is 10.6 Å². The summed E-state index contributed by atoms with van der Waals surface area (Å²) in [5, 5.41) is 5.68. The number of hydrogen-bond donors (Lipinski definition) is 2. The topological polar surface area (TPSA) is 61.4 Å². The quantitative estimate of drug-likeness (QED) is 0.902. The number of benzene rings is 2. The van der Waals surface area contributed by atoms with Crippen LogP contribution in [0.1, 0.15) is 17.2 Å². The van der Waals surface area contributed by atoms with E-state index in [1.54, 1.807) is 4.90 Å². The lowest BCUT2D eigenvalue weighted by atomic mass is 9.96. The largest absolute Gasteiger partial charge is 0.333 e. The van der Waals surface area contributed by atoms with E-state index in [2.05, 4.69) is 22.8 Å². The van der Waals surface area contributed by atoms with E-state index in [-0.39, 0.29) is 18.0 Å². The van der Waals surface area contributed by atoms with E-state index >= 15 is 0 Å². The maximum atomic E-state index is 12.9. The van der Waals surface area contributed by atoms with E-state index < -0.39 is 0 Å². The first-order chi connectivity index (χ1) is 12.2. The van der Waals surface area contributed by atoms with Crippen LogP contribution in [-0.2, 0) is 11.2 Å². The van der Waals surface area contributed by atoms with Gasteiger partial charge in [-0.15, -0.1) is 0 Å². The van der Waals surface area contributed by atoms with Crippen molar-refractivity contribution in [2.24, 2.45) is 0 Å². The van der Waals surface area contributed by atoms with Crippen molar-refractivity contribution >= 4 is 11.9 Å². The highest BCUT2D eigenvalue weighted by Crippen LogP contribution is 2.32. The Kier molecular flexibility index (Phi) is 3.98. The third-order valence-corrected chi connectivity index (χ3v) is 4.67. The fraction of sp³-hybridized carbons (Fsp3) is 0.200. The summed E-state index contributed by atoms with van der Waals surface area (Å²) in [6, 6.07) is 19.1. The zero-order valence-electron chi connectivity index (χ0n) is 13.7. The van der Waals surface area contributed by atoms with Gasteiger partial charge in [0.1, 0.15) is 0 Å². The second-order valence-corrected chi connectivity index (χ2v) is 6.30. The molecule has 0 aliphatic carbocycles. The molecule has 2 aliphatic rings. The normalized spacial score (nSPS) is 19.5. The molecule has 5 heteroatoms. The van der Waals surface area contributed by atoms with Crippen LogP contribution in [0.2, 0.25) is 0 Å². The van der Waals surface area contributed by atoms with E-state index in [4.69, 9.17) is 0 Å². The van der Waals surface area contributed by atoms with Gasteiger partial charge in [-0.2, -0.15) is 0 Å². The predicted octanol–water partition coefficient (Wildman–Crippen LogP) is 2.38. The molecule has 5 nitrogen and oxygen atoms in total. The molecule has 0 fully saturated rings. The Balaban J connectivity index is 1.54. The molecule has 2 aromatic carbocycles. The van der Waals surface area contributed by atoms with Gasteiger partial charge in [-0.3, -0.25) is 4.79 Å². The zero-order chi connectivity index (χ0) is 17.2. The number of carbonyl (C=O) groups is 2. The highest BCUT2D eigenvalue weighted by atomic mass is 16.2. The van der Waals surface area contributed by atoms with E-state index in [9.17, 15) is 9.59 Å². The van der Waals surface area contributed by atoms with Crippen LogP contribution in [0.25, 0.3) is 0 Å². The highest BCUT2D eigenvalue weighted by molar-refractivity contribution is 6.01. The molecule has 2 heterocycles. The number of hydrogen-bond acceptors (Lipinski definition) is 2. The lowest BCUT2D eigenvalue weighted by molar-refractivity contribution is -0.125. The smallest absolute Gasteiger partial charge is 0.319 e. The van der Waals surface area contributed by atoms with Gasteiger partial charge in [0, 0.05) is 6.54 Å². The van der Waals surface area contributed by atoms with Gasteiger partial charge in [-0.1, -0.05) is 60.7 Å². The Labute approximate surface area is 146 Å². The lowest BCUT2D eigenvalue weighted by Crippen LogP contribution is -2.44. The molecule has 0 radical (unpaired) electrons. The van der Waals surface area contributed by atoms with Gasteiger partial charge in [0.15, 0.2) is 0 Å². The molecule has 25 heavy (non-hydrogen) atoms. The van der Waals surface area contributed by atoms with Gasteiger partial charge in [0.05, 0.1) is 23.9 Å². The summed E-state index contributed by atoms with van der Waals surface area (Å²) in [6.45, 7) is 1.09. The van der Waals surface area contributed by atoms with Crippen LogP contribution in [-0.4, -0.2) is 29.9 Å². The van der Waals surface area contributed by atoms with Crippen molar-refractivity contribution in [3.63, 3.8) is 0 Å². The molecule has 0 saturated heterocycles. The molecule has 0 aromatic heterocycles. The summed E-state index contributed by atoms with van der Waals surface area (Å²) in [6.07, 6.45) is 0.796. The monoisotopic (exact) mass is 333 g/mol. The lowest BCUT2D eigenvalue weighted by Gasteiger charge is -2.25. The van der Waals surface area contributed by atoms with Gasteiger partial charge >= 0.3 is 6.03 Å². The fourth-order valence-corrected chi connectivity index (χ4v) is 3.41. The van der Waals surface area contributed by atoms with Crippen molar-refractivity contribution in [3.05, 3.63) is 83.1 Å². The molecule has 2 N–H and O–H groups in total. The van der Waals surface area contributed by atoms with E-state index in [1.807, 2.05) is 48.5 Å². The molecule has 0 saturated carbocycles. The van der Waals surface area contributed by atoms with Crippen LogP contribution in [0.15, 0.2) is 71.9 Å². The molecule has 4 rings (SSSR count). The standard InChI is InChI=1S/C20H19N3O2/c24-19-17-16(13-23(19)12-11-14-7-3-1-4-8-14)21-20(25)22-18(17)15-9-5-2-6-10-15/h1-10,18H,11-13H2,(H2,21,22,25)/t18-/m1/s1. The summed E-state index contributed by atoms with van der Waals surface area (Å²) in [5.41, 5.74) is 3.49. The van der Waals surface area contributed by atoms with E-state index in [0.29, 0.717) is 18.7 Å². The Morgan fingerprint density at radius 2 is 1.64 bits per heavy atom. The van der Waals surface area contributed by atoms with Gasteiger partial charge < -0.3 is 15.5 Å². The maximum Gasteiger partial charge on any atom is 0.319 e. The average Bonchev–Trinajstić information content (AvgIpc) is 2.96. The first-order valence-electron chi connectivity index (χ1n) is 8.41. The molecule has 2 aliphatic heterocycles. The van der Waals surface area contributed by atoms with Crippen LogP contribution in [0.4, 0.5) is 4.79 Å². The van der Waals surface area contributed by atoms with Crippen LogP contribution >= 0.6 is 0 Å². The SMILES string of the molecule is O=C1NC2=C(C(=O)N(CCc3ccccc3)C2)[C@@H](c2ccccc2)N1. The van der Waals surface area contributed by atoms with Crippen molar-refractivity contribution in [3.8, 4) is 0 Å². The van der Waals surface area contributed by atoms with Crippen molar-refractivity contribution in [2.75, 3.05) is 13.1 Å². The van der Waals surface area contributed by atoms with Gasteiger partial charge in [-0.25, -0.2) is 4.79 Å². The molecular formula is C20H19N3O2. The minimum absolute atomic E-state index is 0.00714. The minimum atomic E-state index is -0.390. The summed E-state index contributed by atoms with van der Waals surface area (Å²) in [5.74, 6) is -0.00714. The van der Waals surface area contributed by atoms with Crippen molar-refractivity contribution in [2.45, 2.75) is 12.5 Å². The van der Waals surface area contributed by atoms with Crippen molar-refractivity contribution in [1.29, 1.82) is 0 Å². The highest BCUT2D eigenvalue weighted by Gasteiger charge is 2.39. The van der Waals surface area contributed by atoms with Crippen molar-refractivity contribution in [1.82, 2.24) is 15.5 Å². The maximum absolute atomic E-state index is 12.9. The molecule has 0 spiro atoms. The molecule has 0 unspecified atom stereocenters. The molecular weight excluding hydrogens is 314 g/mol. The molecule has 126 valence electrons. The number of amides is 3. The Hall–Kier alpha value is -3.08. The summed E-state index contributed by atoms with van der Waals surface area (Å²) in [4.78, 5) is 26.7. The minimum Gasteiger partial charge on any atom is -0.333 e. The number of nitrogens with one attached hydrogen (secondary N) is 2.